The Labute approximate surface area is 152 Å². The fourth-order valence-electron chi connectivity index (χ4n) is 2.88. The zero-order valence-electron chi connectivity index (χ0n) is 14.6. The van der Waals surface area contributed by atoms with Gasteiger partial charge in [0.2, 0.25) is 5.91 Å². The molecule has 4 nitrogen and oxygen atoms in total. The fraction of sp³-hybridized carbons (Fsp3) is 0.250. The Bertz CT molecular complexity index is 885. The second-order valence-electron chi connectivity index (χ2n) is 6.08. The first-order valence-corrected chi connectivity index (χ1v) is 9.23. The largest absolute Gasteiger partial charge is 0.349 e. The number of thioether (sulfide) groups is 1. The summed E-state index contributed by atoms with van der Waals surface area (Å²) in [6, 6.07) is 16.3. The van der Waals surface area contributed by atoms with Crippen LogP contribution in [0.5, 0.6) is 0 Å². The van der Waals surface area contributed by atoms with Crippen LogP contribution in [0.2, 0.25) is 0 Å². The summed E-state index contributed by atoms with van der Waals surface area (Å²) in [6.07, 6.45) is 0. The summed E-state index contributed by atoms with van der Waals surface area (Å²) >= 11 is 1.36. The highest BCUT2D eigenvalue weighted by molar-refractivity contribution is 7.99. The first-order valence-electron chi connectivity index (χ1n) is 8.25. The van der Waals surface area contributed by atoms with Crippen molar-refractivity contribution in [2.24, 2.45) is 0 Å². The van der Waals surface area contributed by atoms with Crippen LogP contribution in [0.4, 0.5) is 0 Å². The molecule has 25 heavy (non-hydrogen) atoms. The number of nitrogens with zero attached hydrogens (tertiary/aromatic N) is 2. The second-order valence-corrected chi connectivity index (χ2v) is 7.02. The van der Waals surface area contributed by atoms with Gasteiger partial charge in [0.1, 0.15) is 0 Å². The number of aromatic nitrogens is 2. The Kier molecular flexibility index (Phi) is 5.34. The number of amides is 1. The van der Waals surface area contributed by atoms with E-state index in [9.17, 15) is 4.79 Å². The van der Waals surface area contributed by atoms with E-state index in [1.54, 1.807) is 0 Å². The third-order valence-corrected chi connectivity index (χ3v) is 4.81. The molecular formula is C20H21N3OS. The van der Waals surface area contributed by atoms with Crippen molar-refractivity contribution in [3.05, 3.63) is 65.5 Å². The van der Waals surface area contributed by atoms with Crippen LogP contribution in [0.25, 0.3) is 10.8 Å². The number of hydrogen-bond acceptors (Lipinski definition) is 4. The third kappa shape index (κ3) is 4.37. The van der Waals surface area contributed by atoms with E-state index in [-0.39, 0.29) is 11.9 Å². The monoisotopic (exact) mass is 351 g/mol. The average molecular weight is 351 g/mol. The molecule has 1 atom stereocenters. The van der Waals surface area contributed by atoms with Crippen LogP contribution in [-0.2, 0) is 4.79 Å². The number of aryl methyl sites for hydroxylation is 2. The van der Waals surface area contributed by atoms with Crippen molar-refractivity contribution in [3.8, 4) is 0 Å². The van der Waals surface area contributed by atoms with Gasteiger partial charge in [0, 0.05) is 11.4 Å². The topological polar surface area (TPSA) is 54.9 Å². The fourth-order valence-corrected chi connectivity index (χ4v) is 3.64. The van der Waals surface area contributed by atoms with Crippen molar-refractivity contribution in [2.75, 3.05) is 5.75 Å². The molecule has 0 aliphatic rings. The molecule has 128 valence electrons. The summed E-state index contributed by atoms with van der Waals surface area (Å²) in [6.45, 7) is 5.88. The lowest BCUT2D eigenvalue weighted by atomic mass is 10.00. The van der Waals surface area contributed by atoms with E-state index < -0.39 is 0 Å². The van der Waals surface area contributed by atoms with Gasteiger partial charge in [-0.2, -0.15) is 0 Å². The zero-order valence-corrected chi connectivity index (χ0v) is 15.4. The standard InChI is InChI=1S/C20H21N3OS/c1-13-11-14(2)22-20(21-13)25-12-19(24)23-15(3)17-10-6-8-16-7-4-5-9-18(16)17/h4-11,15H,12H2,1-3H3,(H,23,24)/t15-/m0/s1. The summed E-state index contributed by atoms with van der Waals surface area (Å²) in [5.41, 5.74) is 2.96. The summed E-state index contributed by atoms with van der Waals surface area (Å²) < 4.78 is 0. The van der Waals surface area contributed by atoms with Crippen LogP contribution in [0, 0.1) is 13.8 Å². The molecule has 0 fully saturated rings. The molecule has 0 unspecified atom stereocenters. The highest BCUT2D eigenvalue weighted by Crippen LogP contribution is 2.24. The van der Waals surface area contributed by atoms with Crippen LogP contribution < -0.4 is 5.32 Å². The number of nitrogens with one attached hydrogen (secondary N) is 1. The van der Waals surface area contributed by atoms with Gasteiger partial charge in [-0.25, -0.2) is 9.97 Å². The predicted molar refractivity (Wildman–Crippen MR) is 103 cm³/mol. The van der Waals surface area contributed by atoms with Gasteiger partial charge in [0.25, 0.3) is 0 Å². The van der Waals surface area contributed by atoms with Crippen LogP contribution in [-0.4, -0.2) is 21.6 Å². The van der Waals surface area contributed by atoms with E-state index in [0.717, 1.165) is 17.0 Å². The van der Waals surface area contributed by atoms with Gasteiger partial charge in [-0.1, -0.05) is 54.2 Å². The molecule has 5 heteroatoms. The summed E-state index contributed by atoms with van der Waals surface area (Å²) in [7, 11) is 0. The number of carbonyl (C=O) groups excluding carboxylic acids is 1. The lowest BCUT2D eigenvalue weighted by Crippen LogP contribution is -2.28. The van der Waals surface area contributed by atoms with Crippen LogP contribution in [0.1, 0.15) is 29.9 Å². The predicted octanol–water partition coefficient (Wildman–Crippen LogP) is 4.22. The van der Waals surface area contributed by atoms with Crippen molar-refractivity contribution < 1.29 is 4.79 Å². The van der Waals surface area contributed by atoms with Crippen molar-refractivity contribution in [1.82, 2.24) is 15.3 Å². The minimum Gasteiger partial charge on any atom is -0.349 e. The number of hydrogen-bond donors (Lipinski definition) is 1. The molecule has 1 N–H and O–H groups in total. The Morgan fingerprint density at radius 1 is 1.08 bits per heavy atom. The van der Waals surface area contributed by atoms with E-state index in [1.165, 1.54) is 22.5 Å². The smallest absolute Gasteiger partial charge is 0.230 e. The maximum Gasteiger partial charge on any atom is 0.230 e. The van der Waals surface area contributed by atoms with E-state index in [4.69, 9.17) is 0 Å². The summed E-state index contributed by atoms with van der Waals surface area (Å²) in [5, 5.41) is 6.07. The molecule has 0 bridgehead atoms. The van der Waals surface area contributed by atoms with Crippen LogP contribution in [0.3, 0.4) is 0 Å². The highest BCUT2D eigenvalue weighted by Gasteiger charge is 2.13. The first kappa shape index (κ1) is 17.4. The van der Waals surface area contributed by atoms with Gasteiger partial charge in [0.05, 0.1) is 11.8 Å². The molecule has 0 aliphatic heterocycles. The quantitative estimate of drug-likeness (QED) is 0.552. The van der Waals surface area contributed by atoms with E-state index in [2.05, 4.69) is 39.6 Å². The minimum atomic E-state index is -0.0561. The van der Waals surface area contributed by atoms with Gasteiger partial charge < -0.3 is 5.32 Å². The van der Waals surface area contributed by atoms with Crippen LogP contribution >= 0.6 is 11.8 Å². The summed E-state index contributed by atoms with van der Waals surface area (Å²) in [5.74, 6) is 0.283. The maximum atomic E-state index is 12.3. The average Bonchev–Trinajstić information content (AvgIpc) is 2.58. The van der Waals surface area contributed by atoms with Crippen LogP contribution in [0.15, 0.2) is 53.7 Å². The lowest BCUT2D eigenvalue weighted by Gasteiger charge is -2.16. The molecule has 0 aliphatic carbocycles. The molecule has 1 heterocycles. The lowest BCUT2D eigenvalue weighted by molar-refractivity contribution is -0.119. The van der Waals surface area contributed by atoms with Gasteiger partial charge in [-0.05, 0) is 43.2 Å². The molecule has 1 aromatic heterocycles. The third-order valence-electron chi connectivity index (χ3n) is 3.96. The van der Waals surface area contributed by atoms with Gasteiger partial charge in [-0.15, -0.1) is 0 Å². The molecule has 3 rings (SSSR count). The molecular weight excluding hydrogens is 330 g/mol. The molecule has 0 saturated carbocycles. The van der Waals surface area contributed by atoms with Gasteiger partial charge in [-0.3, -0.25) is 4.79 Å². The van der Waals surface area contributed by atoms with E-state index in [1.807, 2.05) is 45.0 Å². The van der Waals surface area contributed by atoms with E-state index in [0.29, 0.717) is 10.9 Å². The van der Waals surface area contributed by atoms with Crippen molar-refractivity contribution in [2.45, 2.75) is 32.0 Å². The normalized spacial score (nSPS) is 12.1. The van der Waals surface area contributed by atoms with Crippen molar-refractivity contribution >= 4 is 28.4 Å². The van der Waals surface area contributed by atoms with Gasteiger partial charge in [0.15, 0.2) is 5.16 Å². The van der Waals surface area contributed by atoms with Crippen molar-refractivity contribution in [3.63, 3.8) is 0 Å². The number of fused-ring (bicyclic) bond motifs is 1. The van der Waals surface area contributed by atoms with E-state index >= 15 is 0 Å². The Morgan fingerprint density at radius 2 is 1.76 bits per heavy atom. The maximum absolute atomic E-state index is 12.3. The molecule has 0 saturated heterocycles. The zero-order chi connectivity index (χ0) is 17.8. The molecule has 0 spiro atoms. The minimum absolute atomic E-state index is 0.0202. The number of rotatable bonds is 5. The molecule has 2 aromatic carbocycles. The molecule has 1 amide bonds. The Balaban J connectivity index is 1.66. The number of carbonyl (C=O) groups is 1. The Hall–Kier alpha value is -2.40. The highest BCUT2D eigenvalue weighted by atomic mass is 32.2. The van der Waals surface area contributed by atoms with Crippen molar-refractivity contribution in [1.29, 1.82) is 0 Å². The molecule has 0 radical (unpaired) electrons. The second kappa shape index (κ2) is 7.66. The summed E-state index contributed by atoms with van der Waals surface area (Å²) in [4.78, 5) is 21.0. The van der Waals surface area contributed by atoms with Gasteiger partial charge >= 0.3 is 0 Å². The Morgan fingerprint density at radius 3 is 2.52 bits per heavy atom. The SMILES string of the molecule is Cc1cc(C)nc(SCC(=O)N[C@@H](C)c2cccc3ccccc23)n1. The molecule has 3 aromatic rings. The first-order chi connectivity index (χ1) is 12.0. The number of benzene rings is 2.